The van der Waals surface area contributed by atoms with Gasteiger partial charge in [0.25, 0.3) is 5.91 Å². The molecule has 1 N–H and O–H groups in total. The zero-order valence-electron chi connectivity index (χ0n) is 16.2. The maximum absolute atomic E-state index is 12.7. The summed E-state index contributed by atoms with van der Waals surface area (Å²) in [7, 11) is 0. The molecule has 1 fully saturated rings. The monoisotopic (exact) mass is 430 g/mol. The van der Waals surface area contributed by atoms with Gasteiger partial charge < -0.3 is 5.32 Å². The van der Waals surface area contributed by atoms with Gasteiger partial charge in [0, 0.05) is 31.2 Å². The van der Waals surface area contributed by atoms with Gasteiger partial charge in [0.05, 0.1) is 5.56 Å². The Balaban J connectivity index is 1.29. The molecule has 3 aromatic rings. The van der Waals surface area contributed by atoms with Crippen molar-refractivity contribution in [1.29, 1.82) is 0 Å². The van der Waals surface area contributed by atoms with Crippen LogP contribution < -0.4 is 5.32 Å². The Morgan fingerprint density at radius 1 is 1.03 bits per heavy atom. The second-order valence-electron chi connectivity index (χ2n) is 7.48. The molecule has 3 nitrogen and oxygen atoms in total. The van der Waals surface area contributed by atoms with Crippen LogP contribution in [0.4, 0.5) is 13.2 Å². The fourth-order valence-electron chi connectivity index (χ4n) is 3.66. The van der Waals surface area contributed by atoms with E-state index in [0.717, 1.165) is 38.2 Å². The van der Waals surface area contributed by atoms with Crippen molar-refractivity contribution in [3.8, 4) is 11.1 Å². The lowest BCUT2D eigenvalue weighted by Crippen LogP contribution is -2.37. The molecule has 1 saturated heterocycles. The average molecular weight is 430 g/mol. The van der Waals surface area contributed by atoms with Gasteiger partial charge in [-0.3, -0.25) is 9.69 Å². The minimum Gasteiger partial charge on any atom is -0.348 e. The first-order valence-electron chi connectivity index (χ1n) is 9.70. The number of amides is 1. The summed E-state index contributed by atoms with van der Waals surface area (Å²) in [6, 6.07) is 14.9. The molecule has 0 bridgehead atoms. The molecule has 1 aliphatic heterocycles. The topological polar surface area (TPSA) is 32.3 Å². The van der Waals surface area contributed by atoms with Crippen LogP contribution in [0.1, 0.15) is 27.9 Å². The van der Waals surface area contributed by atoms with E-state index in [-0.39, 0.29) is 17.5 Å². The first-order valence-corrected chi connectivity index (χ1v) is 10.6. The molecule has 1 unspecified atom stereocenters. The van der Waals surface area contributed by atoms with E-state index in [1.807, 2.05) is 0 Å². The van der Waals surface area contributed by atoms with E-state index in [2.05, 4.69) is 51.3 Å². The van der Waals surface area contributed by atoms with Crippen LogP contribution in [-0.2, 0) is 12.7 Å². The summed E-state index contributed by atoms with van der Waals surface area (Å²) in [5.74, 6) is -0.337. The SMILES string of the molecule is O=C(NC1CCN(Cc2ccc(-c3ccsc3)cc2)C1)c1ccc(C(F)(F)F)cc1. The van der Waals surface area contributed by atoms with Crippen LogP contribution in [0, 0.1) is 0 Å². The van der Waals surface area contributed by atoms with Crippen LogP contribution >= 0.6 is 11.3 Å². The van der Waals surface area contributed by atoms with Crippen LogP contribution in [0.15, 0.2) is 65.4 Å². The van der Waals surface area contributed by atoms with Crippen LogP contribution in [0.5, 0.6) is 0 Å². The maximum atomic E-state index is 12.7. The van der Waals surface area contributed by atoms with Crippen molar-refractivity contribution in [1.82, 2.24) is 10.2 Å². The number of hydrogen-bond acceptors (Lipinski definition) is 3. The molecule has 2 aromatic carbocycles. The zero-order chi connectivity index (χ0) is 21.1. The Labute approximate surface area is 177 Å². The van der Waals surface area contributed by atoms with Crippen molar-refractivity contribution < 1.29 is 18.0 Å². The molecule has 1 atom stereocenters. The van der Waals surface area contributed by atoms with Crippen molar-refractivity contribution in [3.05, 3.63) is 82.0 Å². The average Bonchev–Trinajstić information content (AvgIpc) is 3.40. The molecule has 156 valence electrons. The second kappa shape index (κ2) is 8.62. The molecule has 7 heteroatoms. The van der Waals surface area contributed by atoms with E-state index in [1.54, 1.807) is 11.3 Å². The number of hydrogen-bond donors (Lipinski definition) is 1. The molecular weight excluding hydrogens is 409 g/mol. The third-order valence-electron chi connectivity index (χ3n) is 5.30. The van der Waals surface area contributed by atoms with E-state index in [4.69, 9.17) is 0 Å². The summed E-state index contributed by atoms with van der Waals surface area (Å²) in [4.78, 5) is 14.6. The maximum Gasteiger partial charge on any atom is 0.416 e. The summed E-state index contributed by atoms with van der Waals surface area (Å²) in [5, 5.41) is 7.12. The molecule has 30 heavy (non-hydrogen) atoms. The first-order chi connectivity index (χ1) is 14.4. The lowest BCUT2D eigenvalue weighted by atomic mass is 10.1. The van der Waals surface area contributed by atoms with Crippen LogP contribution in [0.2, 0.25) is 0 Å². The third-order valence-corrected chi connectivity index (χ3v) is 5.98. The molecule has 4 rings (SSSR count). The van der Waals surface area contributed by atoms with E-state index >= 15 is 0 Å². The lowest BCUT2D eigenvalue weighted by molar-refractivity contribution is -0.137. The summed E-state index contributed by atoms with van der Waals surface area (Å²) >= 11 is 1.68. The predicted octanol–water partition coefficient (Wildman–Crippen LogP) is 5.44. The molecular formula is C23H21F3N2OS. The van der Waals surface area contributed by atoms with Gasteiger partial charge in [-0.25, -0.2) is 0 Å². The Hall–Kier alpha value is -2.64. The van der Waals surface area contributed by atoms with Crippen molar-refractivity contribution in [3.63, 3.8) is 0 Å². The highest BCUT2D eigenvalue weighted by atomic mass is 32.1. The van der Waals surface area contributed by atoms with Gasteiger partial charge in [-0.05, 0) is 64.2 Å². The van der Waals surface area contributed by atoms with Gasteiger partial charge in [-0.2, -0.15) is 24.5 Å². The molecule has 2 heterocycles. The van der Waals surface area contributed by atoms with E-state index in [9.17, 15) is 18.0 Å². The van der Waals surface area contributed by atoms with Gasteiger partial charge in [-0.1, -0.05) is 24.3 Å². The number of alkyl halides is 3. The van der Waals surface area contributed by atoms with E-state index in [1.165, 1.54) is 28.8 Å². The van der Waals surface area contributed by atoms with Gasteiger partial charge >= 0.3 is 6.18 Å². The highest BCUT2D eigenvalue weighted by molar-refractivity contribution is 7.08. The molecule has 1 aromatic heterocycles. The molecule has 1 aliphatic rings. The van der Waals surface area contributed by atoms with Gasteiger partial charge in [0.15, 0.2) is 0 Å². The summed E-state index contributed by atoms with van der Waals surface area (Å²) in [6.07, 6.45) is -3.58. The predicted molar refractivity (Wildman–Crippen MR) is 112 cm³/mol. The van der Waals surface area contributed by atoms with Crippen molar-refractivity contribution in [2.75, 3.05) is 13.1 Å². The largest absolute Gasteiger partial charge is 0.416 e. The normalized spacial score (nSPS) is 17.2. The van der Waals surface area contributed by atoms with Crippen LogP contribution in [0.3, 0.4) is 0 Å². The van der Waals surface area contributed by atoms with Crippen molar-refractivity contribution in [2.24, 2.45) is 0 Å². The van der Waals surface area contributed by atoms with Crippen LogP contribution in [0.25, 0.3) is 11.1 Å². The van der Waals surface area contributed by atoms with Gasteiger partial charge in [-0.15, -0.1) is 0 Å². The van der Waals surface area contributed by atoms with Crippen molar-refractivity contribution in [2.45, 2.75) is 25.2 Å². The minimum absolute atomic E-state index is 0.00938. The number of likely N-dealkylation sites (tertiary alicyclic amines) is 1. The van der Waals surface area contributed by atoms with E-state index < -0.39 is 11.7 Å². The zero-order valence-corrected chi connectivity index (χ0v) is 17.0. The van der Waals surface area contributed by atoms with Gasteiger partial charge in [0.1, 0.15) is 0 Å². The molecule has 1 amide bonds. The number of rotatable bonds is 5. The quantitative estimate of drug-likeness (QED) is 0.585. The smallest absolute Gasteiger partial charge is 0.348 e. The molecule has 0 spiro atoms. The number of nitrogens with zero attached hydrogens (tertiary/aromatic N) is 1. The molecule has 0 saturated carbocycles. The summed E-state index contributed by atoms with van der Waals surface area (Å²) < 4.78 is 38.0. The second-order valence-corrected chi connectivity index (χ2v) is 8.26. The minimum atomic E-state index is -4.40. The number of benzene rings is 2. The first kappa shape index (κ1) is 20.6. The standard InChI is InChI=1S/C23H21F3N2OS/c24-23(25,26)20-7-5-18(6-8-20)22(29)27-21-9-11-28(14-21)13-16-1-3-17(4-2-16)19-10-12-30-15-19/h1-8,10,12,15,21H,9,11,13-14H2,(H,27,29). The van der Waals surface area contributed by atoms with Crippen molar-refractivity contribution >= 4 is 17.2 Å². The number of nitrogens with one attached hydrogen (secondary N) is 1. The fourth-order valence-corrected chi connectivity index (χ4v) is 4.33. The van der Waals surface area contributed by atoms with E-state index in [0.29, 0.717) is 0 Å². The Morgan fingerprint density at radius 2 is 1.77 bits per heavy atom. The number of halogens is 3. The van der Waals surface area contributed by atoms with Crippen LogP contribution in [-0.4, -0.2) is 29.9 Å². The lowest BCUT2D eigenvalue weighted by Gasteiger charge is -2.17. The number of carbonyl (C=O) groups is 1. The molecule has 0 aliphatic carbocycles. The van der Waals surface area contributed by atoms with Gasteiger partial charge in [0.2, 0.25) is 0 Å². The third kappa shape index (κ3) is 4.91. The summed E-state index contributed by atoms with van der Waals surface area (Å²) in [6.45, 7) is 2.39. The Morgan fingerprint density at radius 3 is 2.40 bits per heavy atom. The summed E-state index contributed by atoms with van der Waals surface area (Å²) in [5.41, 5.74) is 3.12. The Bertz CT molecular complexity index is 983. The Kier molecular flexibility index (Phi) is 5.92. The number of thiophene rings is 1. The highest BCUT2D eigenvalue weighted by Gasteiger charge is 2.30. The molecule has 0 radical (unpaired) electrons. The highest BCUT2D eigenvalue weighted by Crippen LogP contribution is 2.29. The fraction of sp³-hybridized carbons (Fsp3) is 0.261. The number of carbonyl (C=O) groups excluding carboxylic acids is 1.